The molecule has 0 radical (unpaired) electrons. The second-order valence-corrected chi connectivity index (χ2v) is 6.29. The molecule has 0 saturated carbocycles. The first kappa shape index (κ1) is 17.7. The molecule has 0 aliphatic carbocycles. The molecule has 138 valence electrons. The summed E-state index contributed by atoms with van der Waals surface area (Å²) in [5, 5.41) is 13.3. The molecule has 1 N–H and O–H groups in total. The van der Waals surface area contributed by atoms with Crippen molar-refractivity contribution in [3.8, 4) is 17.1 Å². The van der Waals surface area contributed by atoms with Gasteiger partial charge in [0.1, 0.15) is 0 Å². The van der Waals surface area contributed by atoms with Crippen LogP contribution in [0, 0.1) is 0 Å². The summed E-state index contributed by atoms with van der Waals surface area (Å²) in [6.07, 6.45) is 0. The Hall–Kier alpha value is -3.73. The largest absolute Gasteiger partial charge is 0.477 e. The predicted octanol–water partition coefficient (Wildman–Crippen LogP) is 4.95. The Morgan fingerprint density at radius 3 is 2.54 bits per heavy atom. The Labute approximate surface area is 163 Å². The van der Waals surface area contributed by atoms with Crippen molar-refractivity contribution in [2.75, 3.05) is 11.9 Å². The van der Waals surface area contributed by atoms with Gasteiger partial charge in [-0.15, -0.1) is 10.2 Å². The molecular weight excluding hydrogens is 350 g/mol. The van der Waals surface area contributed by atoms with Crippen molar-refractivity contribution in [2.45, 2.75) is 6.92 Å². The molecule has 1 amide bonds. The Balaban J connectivity index is 1.54. The predicted molar refractivity (Wildman–Crippen MR) is 111 cm³/mol. The number of carbonyl (C=O) groups excluding carboxylic acids is 1. The Morgan fingerprint density at radius 1 is 0.893 bits per heavy atom. The number of hydrogen-bond acceptors (Lipinski definition) is 4. The van der Waals surface area contributed by atoms with Crippen molar-refractivity contribution in [1.82, 2.24) is 10.2 Å². The Bertz CT molecular complexity index is 1120. The summed E-state index contributed by atoms with van der Waals surface area (Å²) in [6, 6.07) is 24.8. The molecule has 0 aliphatic rings. The highest BCUT2D eigenvalue weighted by molar-refractivity contribution is 6.06. The van der Waals surface area contributed by atoms with Crippen molar-refractivity contribution in [1.29, 1.82) is 0 Å². The van der Waals surface area contributed by atoms with Gasteiger partial charge in [-0.3, -0.25) is 4.79 Å². The van der Waals surface area contributed by atoms with Crippen LogP contribution in [0.3, 0.4) is 0 Å². The lowest BCUT2D eigenvalue weighted by atomic mass is 10.1. The van der Waals surface area contributed by atoms with E-state index in [1.807, 2.05) is 79.7 Å². The van der Waals surface area contributed by atoms with Crippen LogP contribution in [0.15, 0.2) is 78.9 Å². The second kappa shape index (κ2) is 7.88. The third-order valence-corrected chi connectivity index (χ3v) is 4.36. The first-order valence-electron chi connectivity index (χ1n) is 9.10. The SMILES string of the molecule is CCOc1ccc(-c2cccc(NC(=O)c3ccc4ccccc4c3)c2)nn1. The van der Waals surface area contributed by atoms with E-state index in [9.17, 15) is 4.79 Å². The first-order valence-corrected chi connectivity index (χ1v) is 9.10. The molecule has 4 rings (SSSR count). The fraction of sp³-hybridized carbons (Fsp3) is 0.0870. The lowest BCUT2D eigenvalue weighted by Crippen LogP contribution is -2.11. The fourth-order valence-corrected chi connectivity index (χ4v) is 2.99. The van der Waals surface area contributed by atoms with Gasteiger partial charge in [0.2, 0.25) is 5.88 Å². The van der Waals surface area contributed by atoms with Gasteiger partial charge in [-0.05, 0) is 48.0 Å². The number of carbonyl (C=O) groups is 1. The molecule has 5 nitrogen and oxygen atoms in total. The molecule has 0 saturated heterocycles. The zero-order chi connectivity index (χ0) is 19.3. The zero-order valence-electron chi connectivity index (χ0n) is 15.4. The standard InChI is InChI=1S/C23H19N3O2/c1-2-28-22-13-12-21(25-26-22)18-8-5-9-20(15-18)24-23(27)19-11-10-16-6-3-4-7-17(16)14-19/h3-15H,2H2,1H3,(H,24,27). The molecule has 0 aliphatic heterocycles. The van der Waals surface area contributed by atoms with Crippen molar-refractivity contribution < 1.29 is 9.53 Å². The third kappa shape index (κ3) is 3.83. The number of benzene rings is 3. The highest BCUT2D eigenvalue weighted by Crippen LogP contribution is 2.22. The molecule has 3 aromatic carbocycles. The van der Waals surface area contributed by atoms with Crippen LogP contribution in [0.1, 0.15) is 17.3 Å². The molecule has 1 heterocycles. The number of amides is 1. The van der Waals surface area contributed by atoms with E-state index in [-0.39, 0.29) is 5.91 Å². The van der Waals surface area contributed by atoms with Crippen LogP contribution in [-0.4, -0.2) is 22.7 Å². The van der Waals surface area contributed by atoms with Gasteiger partial charge in [-0.1, -0.05) is 42.5 Å². The minimum absolute atomic E-state index is 0.152. The average Bonchev–Trinajstić information content (AvgIpc) is 2.74. The van der Waals surface area contributed by atoms with E-state index in [0.29, 0.717) is 29.4 Å². The maximum Gasteiger partial charge on any atom is 0.255 e. The molecular formula is C23H19N3O2. The van der Waals surface area contributed by atoms with Gasteiger partial charge in [0.05, 0.1) is 12.3 Å². The van der Waals surface area contributed by atoms with Crippen LogP contribution in [0.2, 0.25) is 0 Å². The van der Waals surface area contributed by atoms with E-state index in [2.05, 4.69) is 15.5 Å². The normalized spacial score (nSPS) is 10.6. The summed E-state index contributed by atoms with van der Waals surface area (Å²) >= 11 is 0. The number of aromatic nitrogens is 2. The highest BCUT2D eigenvalue weighted by atomic mass is 16.5. The summed E-state index contributed by atoms with van der Waals surface area (Å²) < 4.78 is 5.32. The number of hydrogen-bond donors (Lipinski definition) is 1. The summed E-state index contributed by atoms with van der Waals surface area (Å²) in [5.74, 6) is 0.340. The van der Waals surface area contributed by atoms with Gasteiger partial charge in [0.15, 0.2) is 0 Å². The maximum absolute atomic E-state index is 12.7. The number of nitrogens with one attached hydrogen (secondary N) is 1. The third-order valence-electron chi connectivity index (χ3n) is 4.36. The van der Waals surface area contributed by atoms with Crippen LogP contribution in [-0.2, 0) is 0 Å². The number of fused-ring (bicyclic) bond motifs is 1. The van der Waals surface area contributed by atoms with Crippen LogP contribution in [0.5, 0.6) is 5.88 Å². The molecule has 1 aromatic heterocycles. The van der Waals surface area contributed by atoms with E-state index in [1.165, 1.54) is 0 Å². The van der Waals surface area contributed by atoms with E-state index in [0.717, 1.165) is 16.3 Å². The minimum atomic E-state index is -0.152. The average molecular weight is 369 g/mol. The summed E-state index contributed by atoms with van der Waals surface area (Å²) in [7, 11) is 0. The molecule has 0 bridgehead atoms. The van der Waals surface area contributed by atoms with E-state index < -0.39 is 0 Å². The van der Waals surface area contributed by atoms with Crippen LogP contribution in [0.4, 0.5) is 5.69 Å². The van der Waals surface area contributed by atoms with Crippen LogP contribution < -0.4 is 10.1 Å². The molecule has 5 heteroatoms. The highest BCUT2D eigenvalue weighted by Gasteiger charge is 2.09. The van der Waals surface area contributed by atoms with Gasteiger partial charge >= 0.3 is 0 Å². The van der Waals surface area contributed by atoms with Gasteiger partial charge in [0, 0.05) is 22.9 Å². The minimum Gasteiger partial charge on any atom is -0.477 e. The van der Waals surface area contributed by atoms with Crippen molar-refractivity contribution >= 4 is 22.4 Å². The second-order valence-electron chi connectivity index (χ2n) is 6.29. The van der Waals surface area contributed by atoms with E-state index in [1.54, 1.807) is 6.07 Å². The molecule has 4 aromatic rings. The quantitative estimate of drug-likeness (QED) is 0.541. The van der Waals surface area contributed by atoms with Crippen LogP contribution in [0.25, 0.3) is 22.0 Å². The smallest absolute Gasteiger partial charge is 0.255 e. The summed E-state index contributed by atoms with van der Waals surface area (Å²) in [6.45, 7) is 2.45. The molecule has 0 spiro atoms. The van der Waals surface area contributed by atoms with E-state index >= 15 is 0 Å². The monoisotopic (exact) mass is 369 g/mol. The lowest BCUT2D eigenvalue weighted by Gasteiger charge is -2.08. The Morgan fingerprint density at radius 2 is 1.75 bits per heavy atom. The molecule has 0 atom stereocenters. The lowest BCUT2D eigenvalue weighted by molar-refractivity contribution is 0.102. The maximum atomic E-state index is 12.7. The van der Waals surface area contributed by atoms with Gasteiger partial charge in [0.25, 0.3) is 5.91 Å². The first-order chi connectivity index (χ1) is 13.7. The molecule has 0 fully saturated rings. The van der Waals surface area contributed by atoms with Gasteiger partial charge in [-0.25, -0.2) is 0 Å². The number of nitrogens with zero attached hydrogens (tertiary/aromatic N) is 2. The zero-order valence-corrected chi connectivity index (χ0v) is 15.4. The topological polar surface area (TPSA) is 64.1 Å². The van der Waals surface area contributed by atoms with Crippen molar-refractivity contribution in [2.24, 2.45) is 0 Å². The van der Waals surface area contributed by atoms with Crippen molar-refractivity contribution in [3.05, 3.63) is 84.4 Å². The molecule has 0 unspecified atom stereocenters. The summed E-state index contributed by atoms with van der Waals surface area (Å²) in [4.78, 5) is 12.7. The fourth-order valence-electron chi connectivity index (χ4n) is 2.99. The van der Waals surface area contributed by atoms with E-state index in [4.69, 9.17) is 4.74 Å². The summed E-state index contributed by atoms with van der Waals surface area (Å²) in [5.41, 5.74) is 2.90. The molecule has 28 heavy (non-hydrogen) atoms. The van der Waals surface area contributed by atoms with Crippen molar-refractivity contribution in [3.63, 3.8) is 0 Å². The number of anilines is 1. The van der Waals surface area contributed by atoms with Gasteiger partial charge in [-0.2, -0.15) is 0 Å². The number of ether oxygens (including phenoxy) is 1. The van der Waals surface area contributed by atoms with Crippen LogP contribution >= 0.6 is 0 Å². The number of rotatable bonds is 5. The van der Waals surface area contributed by atoms with Gasteiger partial charge < -0.3 is 10.1 Å². The Kier molecular flexibility index (Phi) is 4.97.